The molecule has 1 heterocycles. The Morgan fingerprint density at radius 1 is 1.16 bits per heavy atom. The number of carbonyl (C=O) groups is 2. The van der Waals surface area contributed by atoms with Gasteiger partial charge in [-0.05, 0) is 25.7 Å². The molecule has 0 spiro atoms. The number of rotatable bonds is 5. The first kappa shape index (κ1) is 14.3. The molecule has 1 N–H and O–H groups in total. The number of nitrogens with one attached hydrogen (secondary N) is 1. The maximum absolute atomic E-state index is 12.5. The first-order chi connectivity index (χ1) is 9.20. The number of nitrogens with zero attached hydrogens (tertiary/aromatic N) is 1. The average Bonchev–Trinajstić information content (AvgIpc) is 3.23. The minimum Gasteiger partial charge on any atom is -0.383 e. The van der Waals surface area contributed by atoms with E-state index in [4.69, 9.17) is 4.74 Å². The Hall–Kier alpha value is -1.10. The van der Waals surface area contributed by atoms with E-state index in [9.17, 15) is 9.59 Å². The lowest BCUT2D eigenvalue weighted by atomic mass is 10.0. The van der Waals surface area contributed by atoms with Crippen molar-refractivity contribution in [3.63, 3.8) is 0 Å². The van der Waals surface area contributed by atoms with Gasteiger partial charge in [0.15, 0.2) is 0 Å². The van der Waals surface area contributed by atoms with E-state index in [-0.39, 0.29) is 11.8 Å². The lowest BCUT2D eigenvalue weighted by molar-refractivity contribution is -0.144. The molecule has 1 aliphatic carbocycles. The van der Waals surface area contributed by atoms with Gasteiger partial charge in [0.05, 0.1) is 6.61 Å². The second kappa shape index (κ2) is 6.37. The Morgan fingerprint density at radius 2 is 1.79 bits per heavy atom. The molecule has 2 fully saturated rings. The number of amides is 2. The molecule has 1 saturated carbocycles. The first-order valence-electron chi connectivity index (χ1n) is 7.27. The van der Waals surface area contributed by atoms with Crippen LogP contribution >= 0.6 is 0 Å². The standard InChI is InChI=1S/C14H24N2O3/c1-19-11-8-15-12(17)14(6-7-14)13(18)16-9-4-2-3-5-10-16/h2-11H2,1H3,(H,15,17). The highest BCUT2D eigenvalue weighted by Gasteiger charge is 2.57. The summed E-state index contributed by atoms with van der Waals surface area (Å²) in [7, 11) is 1.60. The predicted molar refractivity (Wildman–Crippen MR) is 71.6 cm³/mol. The third kappa shape index (κ3) is 3.26. The highest BCUT2D eigenvalue weighted by atomic mass is 16.5. The highest BCUT2D eigenvalue weighted by Crippen LogP contribution is 2.47. The summed E-state index contributed by atoms with van der Waals surface area (Å²) >= 11 is 0. The Labute approximate surface area is 114 Å². The normalized spacial score (nSPS) is 21.6. The van der Waals surface area contributed by atoms with Crippen molar-refractivity contribution < 1.29 is 14.3 Å². The summed E-state index contributed by atoms with van der Waals surface area (Å²) in [4.78, 5) is 26.6. The fourth-order valence-electron chi connectivity index (χ4n) is 2.68. The monoisotopic (exact) mass is 268 g/mol. The van der Waals surface area contributed by atoms with Crippen molar-refractivity contribution in [1.29, 1.82) is 0 Å². The van der Waals surface area contributed by atoms with Gasteiger partial charge in [0.25, 0.3) is 0 Å². The van der Waals surface area contributed by atoms with Gasteiger partial charge in [-0.2, -0.15) is 0 Å². The molecule has 2 rings (SSSR count). The van der Waals surface area contributed by atoms with Crippen LogP contribution in [0.2, 0.25) is 0 Å². The molecule has 2 aliphatic rings. The van der Waals surface area contributed by atoms with Crippen molar-refractivity contribution >= 4 is 11.8 Å². The topological polar surface area (TPSA) is 58.6 Å². The zero-order valence-electron chi connectivity index (χ0n) is 11.7. The molecule has 5 heteroatoms. The SMILES string of the molecule is COCCNC(=O)C1(C(=O)N2CCCCCC2)CC1. The minimum absolute atomic E-state index is 0.0457. The van der Waals surface area contributed by atoms with Gasteiger partial charge in [0.2, 0.25) is 11.8 Å². The summed E-state index contributed by atoms with van der Waals surface area (Å²) in [5, 5.41) is 2.81. The molecule has 19 heavy (non-hydrogen) atoms. The number of hydrogen-bond donors (Lipinski definition) is 1. The molecule has 0 aromatic carbocycles. The second-order valence-corrected chi connectivity index (χ2v) is 5.54. The summed E-state index contributed by atoms with van der Waals surface area (Å²) < 4.78 is 4.91. The molecule has 1 aliphatic heterocycles. The van der Waals surface area contributed by atoms with Crippen molar-refractivity contribution in [3.8, 4) is 0 Å². The Morgan fingerprint density at radius 3 is 2.32 bits per heavy atom. The lowest BCUT2D eigenvalue weighted by Gasteiger charge is -2.25. The lowest BCUT2D eigenvalue weighted by Crippen LogP contribution is -2.46. The molecule has 0 atom stereocenters. The van der Waals surface area contributed by atoms with Crippen molar-refractivity contribution in [2.45, 2.75) is 38.5 Å². The molecular formula is C14H24N2O3. The van der Waals surface area contributed by atoms with Gasteiger partial charge in [-0.3, -0.25) is 9.59 Å². The molecule has 0 radical (unpaired) electrons. The van der Waals surface area contributed by atoms with Crippen LogP contribution in [-0.2, 0) is 14.3 Å². The predicted octanol–water partition coefficient (Wildman–Crippen LogP) is 0.932. The summed E-state index contributed by atoms with van der Waals surface area (Å²) in [5.41, 5.74) is -0.752. The van der Waals surface area contributed by atoms with Crippen LogP contribution < -0.4 is 5.32 Å². The number of carbonyl (C=O) groups excluding carboxylic acids is 2. The summed E-state index contributed by atoms with van der Waals surface area (Å²) in [6.07, 6.45) is 5.90. The van der Waals surface area contributed by atoms with Crippen LogP contribution in [0.1, 0.15) is 38.5 Å². The van der Waals surface area contributed by atoms with E-state index in [0.29, 0.717) is 26.0 Å². The summed E-state index contributed by atoms with van der Waals surface area (Å²) in [5.74, 6) is -0.0666. The molecule has 2 amide bonds. The van der Waals surface area contributed by atoms with E-state index in [2.05, 4.69) is 5.32 Å². The zero-order chi connectivity index (χ0) is 13.7. The average molecular weight is 268 g/mol. The second-order valence-electron chi connectivity index (χ2n) is 5.54. The Balaban J connectivity index is 1.91. The zero-order valence-corrected chi connectivity index (χ0v) is 11.7. The summed E-state index contributed by atoms with van der Waals surface area (Å²) in [6, 6.07) is 0. The van der Waals surface area contributed by atoms with E-state index < -0.39 is 5.41 Å². The third-order valence-corrected chi connectivity index (χ3v) is 4.08. The highest BCUT2D eigenvalue weighted by molar-refractivity contribution is 6.07. The summed E-state index contributed by atoms with van der Waals surface area (Å²) in [6.45, 7) is 2.59. The maximum Gasteiger partial charge on any atom is 0.238 e. The van der Waals surface area contributed by atoms with Gasteiger partial charge in [0.1, 0.15) is 5.41 Å². The Bertz CT molecular complexity index is 332. The van der Waals surface area contributed by atoms with E-state index in [0.717, 1.165) is 25.9 Å². The Kier molecular flexibility index (Phi) is 4.80. The van der Waals surface area contributed by atoms with Crippen molar-refractivity contribution in [2.24, 2.45) is 5.41 Å². The van der Waals surface area contributed by atoms with Gasteiger partial charge >= 0.3 is 0 Å². The van der Waals surface area contributed by atoms with Gasteiger partial charge in [0, 0.05) is 26.7 Å². The smallest absolute Gasteiger partial charge is 0.238 e. The van der Waals surface area contributed by atoms with Gasteiger partial charge in [-0.1, -0.05) is 12.8 Å². The molecule has 0 aromatic rings. The molecule has 108 valence electrons. The van der Waals surface area contributed by atoms with Crippen LogP contribution in [0.25, 0.3) is 0 Å². The van der Waals surface area contributed by atoms with Crippen LogP contribution in [0.5, 0.6) is 0 Å². The fraction of sp³-hybridized carbons (Fsp3) is 0.857. The van der Waals surface area contributed by atoms with Crippen LogP contribution in [0.4, 0.5) is 0 Å². The fourth-order valence-corrected chi connectivity index (χ4v) is 2.68. The minimum atomic E-state index is -0.752. The molecule has 1 saturated heterocycles. The molecule has 0 unspecified atom stereocenters. The quantitative estimate of drug-likeness (QED) is 0.596. The van der Waals surface area contributed by atoms with E-state index in [1.807, 2.05) is 4.90 Å². The number of methoxy groups -OCH3 is 1. The van der Waals surface area contributed by atoms with E-state index in [1.165, 1.54) is 12.8 Å². The van der Waals surface area contributed by atoms with Crippen LogP contribution in [0.3, 0.4) is 0 Å². The first-order valence-corrected chi connectivity index (χ1v) is 7.27. The third-order valence-electron chi connectivity index (χ3n) is 4.08. The van der Waals surface area contributed by atoms with E-state index >= 15 is 0 Å². The van der Waals surface area contributed by atoms with Crippen molar-refractivity contribution in [1.82, 2.24) is 10.2 Å². The maximum atomic E-state index is 12.5. The molecule has 0 aromatic heterocycles. The van der Waals surface area contributed by atoms with Crippen LogP contribution in [0.15, 0.2) is 0 Å². The van der Waals surface area contributed by atoms with Gasteiger partial charge in [-0.25, -0.2) is 0 Å². The molecular weight excluding hydrogens is 244 g/mol. The van der Waals surface area contributed by atoms with Crippen LogP contribution in [0, 0.1) is 5.41 Å². The number of likely N-dealkylation sites (tertiary alicyclic amines) is 1. The van der Waals surface area contributed by atoms with Crippen molar-refractivity contribution in [3.05, 3.63) is 0 Å². The number of hydrogen-bond acceptors (Lipinski definition) is 3. The van der Waals surface area contributed by atoms with Gasteiger partial charge in [-0.15, -0.1) is 0 Å². The van der Waals surface area contributed by atoms with Crippen molar-refractivity contribution in [2.75, 3.05) is 33.4 Å². The molecule has 0 bridgehead atoms. The largest absolute Gasteiger partial charge is 0.383 e. The van der Waals surface area contributed by atoms with E-state index in [1.54, 1.807) is 7.11 Å². The molecule has 5 nitrogen and oxygen atoms in total. The van der Waals surface area contributed by atoms with Crippen LogP contribution in [-0.4, -0.2) is 50.1 Å². The van der Waals surface area contributed by atoms with Gasteiger partial charge < -0.3 is 15.0 Å². The number of ether oxygens (including phenoxy) is 1.